The number of fused-ring (bicyclic) bond motifs is 1. The van der Waals surface area contributed by atoms with Gasteiger partial charge in [0, 0.05) is 23.9 Å². The van der Waals surface area contributed by atoms with Crippen LogP contribution in [0.5, 0.6) is 0 Å². The molecule has 17 heteroatoms. The molecule has 1 saturated heterocycles. The quantitative estimate of drug-likeness (QED) is 0.120. The Balaban J connectivity index is 1.49. The van der Waals surface area contributed by atoms with E-state index in [0.717, 1.165) is 11.3 Å². The molecular formula is C18H21N9O5S3. The van der Waals surface area contributed by atoms with E-state index in [-0.39, 0.29) is 22.2 Å². The summed E-state index contributed by atoms with van der Waals surface area (Å²) in [5, 5.41) is 29.3. The lowest BCUT2D eigenvalue weighted by atomic mass is 10.0. The molecule has 4 N–H and O–H groups in total. The zero-order valence-electron chi connectivity index (χ0n) is 18.6. The number of rotatable bonds is 10. The number of amides is 2. The molecule has 0 bridgehead atoms. The molecule has 2 aliphatic rings. The molecule has 186 valence electrons. The van der Waals surface area contributed by atoms with Crippen molar-refractivity contribution in [3.8, 4) is 0 Å². The summed E-state index contributed by atoms with van der Waals surface area (Å²) in [5.74, 6) is -1.74. The van der Waals surface area contributed by atoms with Crippen LogP contribution < -0.4 is 11.1 Å². The molecule has 2 aromatic rings. The lowest BCUT2D eigenvalue weighted by Crippen LogP contribution is -2.71. The molecule has 0 radical (unpaired) electrons. The normalized spacial score (nSPS) is 19.9. The summed E-state index contributed by atoms with van der Waals surface area (Å²) in [6.45, 7) is 2.19. The molecule has 4 heterocycles. The maximum atomic E-state index is 13.0. The number of hydrogen-bond donors (Lipinski definition) is 3. The Labute approximate surface area is 211 Å². The Morgan fingerprint density at radius 1 is 1.46 bits per heavy atom. The fraction of sp³-hybridized carbons (Fsp3) is 0.444. The standard InChI is InChI=1S/C18H21N9O5S3/c1-3-4-32-23-10(9-7-34-17(19)20-9)13(28)21-11-14(29)27-12(16(30)31)8(5-33-15(11)27)6-35-18-22-24-25-26(18)2/h7,11,15H,3-6H2,1-2H3,(H2,19,20)(H,21,28)(H,30,31)/t11?,15-/m1/s1. The lowest BCUT2D eigenvalue weighted by molar-refractivity contribution is -0.150. The van der Waals surface area contributed by atoms with Crippen molar-refractivity contribution in [3.63, 3.8) is 0 Å². The maximum Gasteiger partial charge on any atom is 0.352 e. The summed E-state index contributed by atoms with van der Waals surface area (Å²) in [6.07, 6.45) is 0.685. The second-order valence-electron chi connectivity index (χ2n) is 7.34. The molecule has 1 fully saturated rings. The van der Waals surface area contributed by atoms with E-state index in [2.05, 4.69) is 31.0 Å². The Hall–Kier alpha value is -3.18. The van der Waals surface area contributed by atoms with Gasteiger partial charge in [-0.1, -0.05) is 23.8 Å². The van der Waals surface area contributed by atoms with Crippen LogP contribution in [0.1, 0.15) is 19.0 Å². The number of carboxylic acids is 1. The highest BCUT2D eigenvalue weighted by Crippen LogP contribution is 2.41. The van der Waals surface area contributed by atoms with Crippen LogP contribution in [0.3, 0.4) is 0 Å². The molecule has 2 aliphatic heterocycles. The number of tetrazole rings is 1. The summed E-state index contributed by atoms with van der Waals surface area (Å²) >= 11 is 3.78. The van der Waals surface area contributed by atoms with Crippen molar-refractivity contribution in [3.05, 3.63) is 22.3 Å². The predicted octanol–water partition coefficient (Wildman–Crippen LogP) is -0.0896. The van der Waals surface area contributed by atoms with Gasteiger partial charge in [-0.2, -0.15) is 0 Å². The third kappa shape index (κ3) is 5.10. The van der Waals surface area contributed by atoms with Gasteiger partial charge in [0.15, 0.2) is 10.8 Å². The van der Waals surface area contributed by atoms with E-state index < -0.39 is 29.2 Å². The average molecular weight is 540 g/mol. The number of nitrogens with zero attached hydrogens (tertiary/aromatic N) is 7. The number of aromatic nitrogens is 5. The lowest BCUT2D eigenvalue weighted by Gasteiger charge is -2.49. The molecule has 4 rings (SSSR count). The Bertz CT molecular complexity index is 1210. The van der Waals surface area contributed by atoms with Crippen molar-refractivity contribution in [2.24, 2.45) is 12.2 Å². The van der Waals surface area contributed by atoms with Crippen LogP contribution in [0.2, 0.25) is 0 Å². The molecule has 0 spiro atoms. The Kier molecular flexibility index (Phi) is 7.56. The number of oxime groups is 1. The Morgan fingerprint density at radius 2 is 2.26 bits per heavy atom. The van der Waals surface area contributed by atoms with Crippen LogP contribution in [0.15, 0.2) is 27.0 Å². The van der Waals surface area contributed by atoms with E-state index in [4.69, 9.17) is 10.6 Å². The molecule has 2 aromatic heterocycles. The first-order valence-corrected chi connectivity index (χ1v) is 13.2. The number of thiazole rings is 1. The number of aliphatic carboxylic acids is 1. The van der Waals surface area contributed by atoms with Crippen LogP contribution in [-0.4, -0.2) is 88.2 Å². The highest BCUT2D eigenvalue weighted by atomic mass is 32.2. The number of carboxylic acid groups (broad SMARTS) is 1. The van der Waals surface area contributed by atoms with E-state index in [1.54, 1.807) is 12.4 Å². The average Bonchev–Trinajstić information content (AvgIpc) is 3.45. The maximum absolute atomic E-state index is 13.0. The minimum absolute atomic E-state index is 0.0840. The zero-order chi connectivity index (χ0) is 25.1. The van der Waals surface area contributed by atoms with Crippen molar-refractivity contribution in [1.82, 2.24) is 35.4 Å². The van der Waals surface area contributed by atoms with Gasteiger partial charge in [-0.05, 0) is 22.4 Å². The van der Waals surface area contributed by atoms with Gasteiger partial charge in [0.05, 0.1) is 0 Å². The van der Waals surface area contributed by atoms with Crippen LogP contribution in [0.25, 0.3) is 0 Å². The minimum atomic E-state index is -1.21. The number of nitrogens with two attached hydrogens (primary N) is 1. The summed E-state index contributed by atoms with van der Waals surface area (Å²) in [6, 6.07) is -0.925. The monoisotopic (exact) mass is 539 g/mol. The van der Waals surface area contributed by atoms with Gasteiger partial charge >= 0.3 is 5.97 Å². The molecular weight excluding hydrogens is 518 g/mol. The smallest absolute Gasteiger partial charge is 0.352 e. The summed E-state index contributed by atoms with van der Waals surface area (Å²) in [4.78, 5) is 48.4. The summed E-state index contributed by atoms with van der Waals surface area (Å²) in [7, 11) is 1.68. The van der Waals surface area contributed by atoms with Crippen LogP contribution in [-0.2, 0) is 26.3 Å². The minimum Gasteiger partial charge on any atom is -0.477 e. The van der Waals surface area contributed by atoms with Gasteiger partial charge < -0.3 is 21.0 Å². The van der Waals surface area contributed by atoms with Gasteiger partial charge in [-0.15, -0.1) is 28.2 Å². The van der Waals surface area contributed by atoms with Crippen molar-refractivity contribution >= 4 is 63.5 Å². The number of carbonyl (C=O) groups is 3. The molecule has 2 amide bonds. The molecule has 0 aliphatic carbocycles. The Morgan fingerprint density at radius 3 is 2.89 bits per heavy atom. The number of β-lactam (4-membered cyclic amide) rings is 1. The summed E-state index contributed by atoms with van der Waals surface area (Å²) < 4.78 is 1.48. The highest BCUT2D eigenvalue weighted by molar-refractivity contribution is 8.01. The van der Waals surface area contributed by atoms with Gasteiger partial charge in [0.25, 0.3) is 11.8 Å². The first-order valence-electron chi connectivity index (χ1n) is 10.3. The number of hydrogen-bond acceptors (Lipinski definition) is 13. The molecule has 2 atom stereocenters. The first-order chi connectivity index (χ1) is 16.8. The second-order valence-corrected chi connectivity index (χ2v) is 10.3. The SMILES string of the molecule is CCCON=C(C(=O)NC1C(=O)N2C(C(=O)O)=C(CSc3nnnn3C)CS[C@H]12)c1csc(N)n1. The van der Waals surface area contributed by atoms with E-state index in [9.17, 15) is 19.5 Å². The number of thioether (sulfide) groups is 2. The van der Waals surface area contributed by atoms with Gasteiger partial charge in [0.1, 0.15) is 29.4 Å². The second kappa shape index (κ2) is 10.6. The van der Waals surface area contributed by atoms with Gasteiger partial charge in [-0.3, -0.25) is 14.5 Å². The third-order valence-electron chi connectivity index (χ3n) is 4.92. The molecule has 14 nitrogen and oxygen atoms in total. The third-order valence-corrected chi connectivity index (χ3v) is 8.03. The van der Waals surface area contributed by atoms with Crippen LogP contribution >= 0.6 is 34.9 Å². The fourth-order valence-electron chi connectivity index (χ4n) is 3.30. The molecule has 35 heavy (non-hydrogen) atoms. The zero-order valence-corrected chi connectivity index (χ0v) is 21.0. The topological polar surface area (TPSA) is 191 Å². The number of anilines is 1. The van der Waals surface area contributed by atoms with E-state index >= 15 is 0 Å². The molecule has 1 unspecified atom stereocenters. The van der Waals surface area contributed by atoms with Crippen molar-refractivity contribution in [2.45, 2.75) is 29.9 Å². The highest BCUT2D eigenvalue weighted by Gasteiger charge is 2.54. The predicted molar refractivity (Wildman–Crippen MR) is 129 cm³/mol. The first kappa shape index (κ1) is 24.9. The number of nitrogen functional groups attached to an aromatic ring is 1. The van der Waals surface area contributed by atoms with Crippen LogP contribution in [0, 0.1) is 0 Å². The largest absolute Gasteiger partial charge is 0.477 e. The van der Waals surface area contributed by atoms with E-state index in [1.165, 1.54) is 33.1 Å². The number of aryl methyl sites for hydroxylation is 1. The summed E-state index contributed by atoms with van der Waals surface area (Å²) in [5.41, 5.74) is 6.28. The molecule has 0 saturated carbocycles. The van der Waals surface area contributed by atoms with Crippen molar-refractivity contribution in [1.29, 1.82) is 0 Å². The van der Waals surface area contributed by atoms with E-state index in [0.29, 0.717) is 35.3 Å². The van der Waals surface area contributed by atoms with Crippen molar-refractivity contribution in [2.75, 3.05) is 23.8 Å². The van der Waals surface area contributed by atoms with E-state index in [1.807, 2.05) is 6.92 Å². The van der Waals surface area contributed by atoms with Gasteiger partial charge in [0.2, 0.25) is 5.16 Å². The van der Waals surface area contributed by atoms with Crippen LogP contribution in [0.4, 0.5) is 5.13 Å². The number of carbonyl (C=O) groups excluding carboxylic acids is 2. The van der Waals surface area contributed by atoms with Crippen molar-refractivity contribution < 1.29 is 24.3 Å². The molecule has 0 aromatic carbocycles. The fourth-order valence-corrected chi connectivity index (χ4v) is 6.18. The van der Waals surface area contributed by atoms with Gasteiger partial charge in [-0.25, -0.2) is 14.5 Å². The number of nitrogens with one attached hydrogen (secondary N) is 1.